The molecule has 1 N–H and O–H groups in total. The number of pyridine rings is 1. The third kappa shape index (κ3) is 4.04. The first kappa shape index (κ1) is 15.0. The zero-order valence-corrected chi connectivity index (χ0v) is 13.1. The van der Waals surface area contributed by atoms with Crippen LogP contribution in [0.1, 0.15) is 52.1 Å². The van der Waals surface area contributed by atoms with Crippen LogP contribution in [0.5, 0.6) is 0 Å². The number of aromatic nitrogens is 1. The molecular formula is C18H26N2. The molecule has 0 saturated carbocycles. The SMILES string of the molecule is CCCNC(CC(C)(C)C)c1ccc2cccnc2c1. The van der Waals surface area contributed by atoms with E-state index in [-0.39, 0.29) is 0 Å². The summed E-state index contributed by atoms with van der Waals surface area (Å²) in [6.07, 6.45) is 4.15. The Bertz CT molecular complexity index is 555. The molecule has 0 aliphatic carbocycles. The number of fused-ring (bicyclic) bond motifs is 1. The highest BCUT2D eigenvalue weighted by molar-refractivity contribution is 5.78. The molecular weight excluding hydrogens is 244 g/mol. The summed E-state index contributed by atoms with van der Waals surface area (Å²) < 4.78 is 0. The number of hydrogen-bond donors (Lipinski definition) is 1. The van der Waals surface area contributed by atoms with Crippen molar-refractivity contribution < 1.29 is 0 Å². The van der Waals surface area contributed by atoms with E-state index >= 15 is 0 Å². The quantitative estimate of drug-likeness (QED) is 0.851. The first-order chi connectivity index (χ1) is 9.49. The molecule has 0 spiro atoms. The van der Waals surface area contributed by atoms with Crippen molar-refractivity contribution in [3.8, 4) is 0 Å². The molecule has 1 unspecified atom stereocenters. The molecule has 0 saturated heterocycles. The standard InChI is InChI=1S/C18H26N2/c1-5-10-19-17(13-18(2,3)4)15-9-8-14-7-6-11-20-16(14)12-15/h6-9,11-12,17,19H,5,10,13H2,1-4H3. The minimum atomic E-state index is 0.310. The van der Waals surface area contributed by atoms with Crippen molar-refractivity contribution in [3.63, 3.8) is 0 Å². The van der Waals surface area contributed by atoms with Crippen molar-refractivity contribution in [2.24, 2.45) is 5.41 Å². The van der Waals surface area contributed by atoms with Crippen LogP contribution in [0.15, 0.2) is 36.5 Å². The van der Waals surface area contributed by atoms with Crippen molar-refractivity contribution in [2.45, 2.75) is 46.6 Å². The molecule has 1 atom stereocenters. The van der Waals surface area contributed by atoms with Crippen molar-refractivity contribution in [1.82, 2.24) is 10.3 Å². The van der Waals surface area contributed by atoms with E-state index < -0.39 is 0 Å². The molecule has 20 heavy (non-hydrogen) atoms. The third-order valence-corrected chi connectivity index (χ3v) is 3.49. The van der Waals surface area contributed by atoms with Crippen molar-refractivity contribution in [2.75, 3.05) is 6.54 Å². The van der Waals surface area contributed by atoms with Gasteiger partial charge in [-0.1, -0.05) is 45.9 Å². The lowest BCUT2D eigenvalue weighted by atomic mass is 9.85. The van der Waals surface area contributed by atoms with Gasteiger partial charge >= 0.3 is 0 Å². The van der Waals surface area contributed by atoms with Crippen molar-refractivity contribution in [3.05, 3.63) is 42.1 Å². The van der Waals surface area contributed by atoms with Crippen LogP contribution in [0.3, 0.4) is 0 Å². The molecule has 0 amide bonds. The van der Waals surface area contributed by atoms with Gasteiger partial charge in [0.15, 0.2) is 0 Å². The Kier molecular flexibility index (Phi) is 4.77. The van der Waals surface area contributed by atoms with Gasteiger partial charge in [-0.05, 0) is 42.5 Å². The average molecular weight is 270 g/mol. The maximum absolute atomic E-state index is 4.47. The van der Waals surface area contributed by atoms with Crippen LogP contribution in [0.2, 0.25) is 0 Å². The lowest BCUT2D eigenvalue weighted by Gasteiger charge is -2.27. The molecule has 2 rings (SSSR count). The average Bonchev–Trinajstić information content (AvgIpc) is 2.41. The van der Waals surface area contributed by atoms with Gasteiger partial charge in [-0.3, -0.25) is 4.98 Å². The topological polar surface area (TPSA) is 24.9 Å². The fourth-order valence-corrected chi connectivity index (χ4v) is 2.54. The largest absolute Gasteiger partial charge is 0.310 e. The molecule has 0 fully saturated rings. The van der Waals surface area contributed by atoms with Gasteiger partial charge in [0, 0.05) is 17.6 Å². The lowest BCUT2D eigenvalue weighted by Crippen LogP contribution is -2.26. The van der Waals surface area contributed by atoms with E-state index in [0.717, 1.165) is 24.9 Å². The summed E-state index contributed by atoms with van der Waals surface area (Å²) in [7, 11) is 0. The molecule has 0 bridgehead atoms. The van der Waals surface area contributed by atoms with E-state index in [2.05, 4.69) is 62.3 Å². The number of rotatable bonds is 5. The molecule has 2 nitrogen and oxygen atoms in total. The normalized spacial score (nSPS) is 13.6. The van der Waals surface area contributed by atoms with Crippen LogP contribution in [-0.2, 0) is 0 Å². The highest BCUT2D eigenvalue weighted by Gasteiger charge is 2.20. The number of nitrogens with zero attached hydrogens (tertiary/aromatic N) is 1. The van der Waals surface area contributed by atoms with Gasteiger partial charge in [-0.25, -0.2) is 0 Å². The molecule has 0 radical (unpaired) electrons. The van der Waals surface area contributed by atoms with Gasteiger partial charge in [0.25, 0.3) is 0 Å². The predicted octanol–water partition coefficient (Wildman–Crippen LogP) is 4.71. The number of hydrogen-bond acceptors (Lipinski definition) is 2. The van der Waals surface area contributed by atoms with Crippen LogP contribution in [0.25, 0.3) is 10.9 Å². The van der Waals surface area contributed by atoms with E-state index in [0.29, 0.717) is 11.5 Å². The van der Waals surface area contributed by atoms with Gasteiger partial charge in [-0.15, -0.1) is 0 Å². The summed E-state index contributed by atoms with van der Waals surface area (Å²) in [5.41, 5.74) is 2.74. The van der Waals surface area contributed by atoms with E-state index in [4.69, 9.17) is 0 Å². The highest BCUT2D eigenvalue weighted by Crippen LogP contribution is 2.30. The molecule has 2 heteroatoms. The van der Waals surface area contributed by atoms with Gasteiger partial charge in [0.2, 0.25) is 0 Å². The highest BCUT2D eigenvalue weighted by atomic mass is 14.9. The Balaban J connectivity index is 2.29. The molecule has 1 heterocycles. The van der Waals surface area contributed by atoms with Gasteiger partial charge in [0.05, 0.1) is 5.52 Å². The summed E-state index contributed by atoms with van der Waals surface area (Å²) in [6, 6.07) is 11.2. The smallest absolute Gasteiger partial charge is 0.0705 e. The van der Waals surface area contributed by atoms with E-state index in [9.17, 15) is 0 Å². The zero-order chi connectivity index (χ0) is 14.6. The maximum Gasteiger partial charge on any atom is 0.0705 e. The molecule has 108 valence electrons. The first-order valence-electron chi connectivity index (χ1n) is 7.57. The molecule has 0 aliphatic heterocycles. The summed E-state index contributed by atoms with van der Waals surface area (Å²) in [5.74, 6) is 0. The van der Waals surface area contributed by atoms with Crippen molar-refractivity contribution in [1.29, 1.82) is 0 Å². The maximum atomic E-state index is 4.47. The van der Waals surface area contributed by atoms with Gasteiger partial charge in [-0.2, -0.15) is 0 Å². The summed E-state index contributed by atoms with van der Waals surface area (Å²) in [4.78, 5) is 4.47. The lowest BCUT2D eigenvalue weighted by molar-refractivity contribution is 0.312. The Hall–Kier alpha value is -1.41. The second kappa shape index (κ2) is 6.36. The Morgan fingerprint density at radius 2 is 2.00 bits per heavy atom. The third-order valence-electron chi connectivity index (χ3n) is 3.49. The van der Waals surface area contributed by atoms with Crippen LogP contribution in [0, 0.1) is 5.41 Å². The van der Waals surface area contributed by atoms with Crippen LogP contribution in [0.4, 0.5) is 0 Å². The Labute approximate surface area is 122 Å². The van der Waals surface area contributed by atoms with Crippen LogP contribution < -0.4 is 5.32 Å². The molecule has 1 aromatic heterocycles. The predicted molar refractivity (Wildman–Crippen MR) is 86.8 cm³/mol. The second-order valence-corrected chi connectivity index (χ2v) is 6.73. The summed E-state index contributed by atoms with van der Waals surface area (Å²) >= 11 is 0. The van der Waals surface area contributed by atoms with Gasteiger partial charge < -0.3 is 5.32 Å². The fourth-order valence-electron chi connectivity index (χ4n) is 2.54. The fraction of sp³-hybridized carbons (Fsp3) is 0.500. The van der Waals surface area contributed by atoms with Crippen LogP contribution >= 0.6 is 0 Å². The molecule has 2 aromatic rings. The first-order valence-corrected chi connectivity index (χ1v) is 7.57. The zero-order valence-electron chi connectivity index (χ0n) is 13.1. The molecule has 1 aromatic carbocycles. The molecule has 0 aliphatic rings. The van der Waals surface area contributed by atoms with Crippen molar-refractivity contribution >= 4 is 10.9 Å². The van der Waals surface area contributed by atoms with E-state index in [1.807, 2.05) is 12.3 Å². The van der Waals surface area contributed by atoms with Crippen LogP contribution in [-0.4, -0.2) is 11.5 Å². The van der Waals surface area contributed by atoms with E-state index in [1.165, 1.54) is 10.9 Å². The summed E-state index contributed by atoms with van der Waals surface area (Å²) in [6.45, 7) is 10.2. The Morgan fingerprint density at radius 3 is 2.70 bits per heavy atom. The van der Waals surface area contributed by atoms with E-state index in [1.54, 1.807) is 0 Å². The minimum Gasteiger partial charge on any atom is -0.310 e. The second-order valence-electron chi connectivity index (χ2n) is 6.73. The number of benzene rings is 1. The number of nitrogens with one attached hydrogen (secondary N) is 1. The summed E-state index contributed by atoms with van der Waals surface area (Å²) in [5, 5.41) is 4.89. The Morgan fingerprint density at radius 1 is 1.20 bits per heavy atom. The minimum absolute atomic E-state index is 0.310. The monoisotopic (exact) mass is 270 g/mol. The van der Waals surface area contributed by atoms with Gasteiger partial charge in [0.1, 0.15) is 0 Å².